The molecule has 0 N–H and O–H groups in total. The molecule has 0 amide bonds. The second kappa shape index (κ2) is 3.71. The zero-order chi connectivity index (χ0) is 11.4. The molecule has 0 aromatic rings. The number of esters is 1. The Bertz CT molecular complexity index is 340. The van der Waals surface area contributed by atoms with E-state index in [0.717, 1.165) is 31.6 Å². The Labute approximate surface area is 102 Å². The fraction of sp³-hybridized carbons (Fsp3) is 0.929. The van der Waals surface area contributed by atoms with Gasteiger partial charge in [-0.15, -0.1) is 0 Å². The molecular weight excluding hydrogens is 216 g/mol. The summed E-state index contributed by atoms with van der Waals surface area (Å²) >= 11 is 0. The molecule has 17 heavy (non-hydrogen) atoms. The molecule has 4 fully saturated rings. The van der Waals surface area contributed by atoms with Gasteiger partial charge in [-0.1, -0.05) is 6.42 Å². The largest absolute Gasteiger partial charge is 0.459 e. The number of fused-ring (bicyclic) bond motifs is 4. The van der Waals surface area contributed by atoms with Crippen molar-refractivity contribution in [3.05, 3.63) is 0 Å². The molecule has 0 aromatic heterocycles. The van der Waals surface area contributed by atoms with E-state index in [1.54, 1.807) is 0 Å². The molecule has 2 aliphatic carbocycles. The Kier molecular flexibility index (Phi) is 2.26. The monoisotopic (exact) mass is 236 g/mol. The van der Waals surface area contributed by atoms with Gasteiger partial charge < -0.3 is 9.47 Å². The van der Waals surface area contributed by atoms with Crippen LogP contribution in [-0.4, -0.2) is 24.3 Å². The highest BCUT2D eigenvalue weighted by molar-refractivity contribution is 5.73. The summed E-state index contributed by atoms with van der Waals surface area (Å²) in [4.78, 5) is 12.2. The molecule has 2 aliphatic heterocycles. The van der Waals surface area contributed by atoms with Crippen molar-refractivity contribution in [3.63, 3.8) is 0 Å². The maximum Gasteiger partial charge on any atom is 0.309 e. The summed E-state index contributed by atoms with van der Waals surface area (Å²) in [6.45, 7) is 0. The van der Waals surface area contributed by atoms with Gasteiger partial charge in [-0.2, -0.15) is 0 Å². The van der Waals surface area contributed by atoms with Crippen molar-refractivity contribution < 1.29 is 14.3 Å². The minimum Gasteiger partial charge on any atom is -0.459 e. The summed E-state index contributed by atoms with van der Waals surface area (Å²) in [7, 11) is 0. The van der Waals surface area contributed by atoms with Crippen molar-refractivity contribution >= 4 is 5.97 Å². The number of ether oxygens (including phenoxy) is 2. The summed E-state index contributed by atoms with van der Waals surface area (Å²) < 4.78 is 11.5. The molecule has 6 unspecified atom stereocenters. The molecule has 3 nitrogen and oxygen atoms in total. The number of rotatable bonds is 2. The Morgan fingerprint density at radius 2 is 2.00 bits per heavy atom. The van der Waals surface area contributed by atoms with Crippen LogP contribution in [0.5, 0.6) is 0 Å². The van der Waals surface area contributed by atoms with E-state index in [1.807, 2.05) is 0 Å². The van der Waals surface area contributed by atoms with E-state index in [0.29, 0.717) is 12.0 Å². The van der Waals surface area contributed by atoms with Gasteiger partial charge in [0.1, 0.15) is 6.10 Å². The summed E-state index contributed by atoms with van der Waals surface area (Å²) in [5.74, 6) is 1.74. The molecule has 0 aromatic carbocycles. The fourth-order valence-corrected chi connectivity index (χ4v) is 4.49. The van der Waals surface area contributed by atoms with Crippen molar-refractivity contribution in [3.8, 4) is 0 Å². The van der Waals surface area contributed by atoms with Crippen LogP contribution in [0.25, 0.3) is 0 Å². The molecule has 4 bridgehead atoms. The van der Waals surface area contributed by atoms with Crippen molar-refractivity contribution in [1.29, 1.82) is 0 Å². The van der Waals surface area contributed by atoms with Gasteiger partial charge >= 0.3 is 5.97 Å². The van der Waals surface area contributed by atoms with Crippen LogP contribution in [0.2, 0.25) is 0 Å². The minimum absolute atomic E-state index is 0.0698. The lowest BCUT2D eigenvalue weighted by Crippen LogP contribution is -2.33. The average Bonchev–Trinajstić information content (AvgIpc) is 3.08. The van der Waals surface area contributed by atoms with Crippen molar-refractivity contribution in [2.24, 2.45) is 17.8 Å². The van der Waals surface area contributed by atoms with Gasteiger partial charge in [0.05, 0.1) is 18.1 Å². The molecule has 3 heteroatoms. The van der Waals surface area contributed by atoms with Crippen LogP contribution in [0.1, 0.15) is 44.9 Å². The number of hydrogen-bond acceptors (Lipinski definition) is 3. The summed E-state index contributed by atoms with van der Waals surface area (Å²) in [6, 6.07) is 0. The number of hydrogen-bond donors (Lipinski definition) is 0. The molecule has 0 radical (unpaired) electrons. The average molecular weight is 236 g/mol. The summed E-state index contributed by atoms with van der Waals surface area (Å²) in [6.07, 6.45) is 8.78. The Balaban J connectivity index is 1.38. The predicted octanol–water partition coefficient (Wildman–Crippen LogP) is 2.29. The zero-order valence-electron chi connectivity index (χ0n) is 10.1. The maximum atomic E-state index is 12.2. The molecular formula is C14H20O3. The first-order chi connectivity index (χ1) is 8.29. The van der Waals surface area contributed by atoms with Crippen LogP contribution in [-0.2, 0) is 14.3 Å². The predicted molar refractivity (Wildman–Crippen MR) is 61.3 cm³/mol. The molecule has 4 rings (SSSR count). The van der Waals surface area contributed by atoms with E-state index >= 15 is 0 Å². The first kappa shape index (κ1) is 10.4. The Morgan fingerprint density at radius 1 is 1.06 bits per heavy atom. The van der Waals surface area contributed by atoms with Gasteiger partial charge in [0, 0.05) is 6.42 Å². The minimum atomic E-state index is 0.0698. The quantitative estimate of drug-likeness (QED) is 0.690. The van der Waals surface area contributed by atoms with E-state index in [2.05, 4.69) is 0 Å². The van der Waals surface area contributed by atoms with Crippen LogP contribution in [0.3, 0.4) is 0 Å². The van der Waals surface area contributed by atoms with Crippen LogP contribution in [0.4, 0.5) is 0 Å². The van der Waals surface area contributed by atoms with E-state index in [4.69, 9.17) is 9.47 Å². The van der Waals surface area contributed by atoms with Gasteiger partial charge in [-0.05, 0) is 43.9 Å². The highest BCUT2D eigenvalue weighted by atomic mass is 16.6. The summed E-state index contributed by atoms with van der Waals surface area (Å²) in [5, 5.41) is 0. The molecule has 94 valence electrons. The third-order valence-corrected chi connectivity index (χ3v) is 5.36. The second-order valence-electron chi connectivity index (χ2n) is 6.37. The lowest BCUT2D eigenvalue weighted by Gasteiger charge is -2.24. The van der Waals surface area contributed by atoms with E-state index in [1.165, 1.54) is 19.3 Å². The lowest BCUT2D eigenvalue weighted by molar-refractivity contribution is -0.158. The van der Waals surface area contributed by atoms with Gasteiger partial charge in [0.25, 0.3) is 0 Å². The summed E-state index contributed by atoms with van der Waals surface area (Å²) in [5.41, 5.74) is 0. The number of carbonyl (C=O) groups is 1. The molecule has 6 atom stereocenters. The van der Waals surface area contributed by atoms with E-state index in [-0.39, 0.29) is 24.1 Å². The molecule has 0 spiro atoms. The van der Waals surface area contributed by atoms with Crippen LogP contribution < -0.4 is 0 Å². The zero-order valence-corrected chi connectivity index (χ0v) is 10.1. The van der Waals surface area contributed by atoms with Gasteiger partial charge in [-0.25, -0.2) is 0 Å². The van der Waals surface area contributed by atoms with Gasteiger partial charge in [-0.3, -0.25) is 4.79 Å². The first-order valence-electron chi connectivity index (χ1n) is 7.15. The van der Waals surface area contributed by atoms with E-state index < -0.39 is 0 Å². The van der Waals surface area contributed by atoms with Crippen LogP contribution >= 0.6 is 0 Å². The van der Waals surface area contributed by atoms with Gasteiger partial charge in [0.15, 0.2) is 0 Å². The molecule has 2 saturated heterocycles. The highest BCUT2D eigenvalue weighted by Crippen LogP contribution is 2.49. The third kappa shape index (κ3) is 1.62. The highest BCUT2D eigenvalue weighted by Gasteiger charge is 2.47. The van der Waals surface area contributed by atoms with E-state index in [9.17, 15) is 4.79 Å². The molecule has 4 aliphatic rings. The third-order valence-electron chi connectivity index (χ3n) is 5.36. The first-order valence-corrected chi connectivity index (χ1v) is 7.15. The maximum absolute atomic E-state index is 12.2. The topological polar surface area (TPSA) is 35.5 Å². The Morgan fingerprint density at radius 3 is 2.59 bits per heavy atom. The lowest BCUT2D eigenvalue weighted by atomic mass is 9.89. The van der Waals surface area contributed by atoms with Crippen LogP contribution in [0.15, 0.2) is 0 Å². The Hall–Kier alpha value is -0.570. The second-order valence-corrected chi connectivity index (χ2v) is 6.37. The number of carbonyl (C=O) groups excluding carboxylic acids is 1. The molecule has 2 saturated carbocycles. The van der Waals surface area contributed by atoms with Gasteiger partial charge in [0.2, 0.25) is 0 Å². The van der Waals surface area contributed by atoms with Crippen molar-refractivity contribution in [2.45, 2.75) is 63.3 Å². The SMILES string of the molecule is O=C(OC1CC2CCC1O2)C1CC2CCC1C2. The standard InChI is InChI=1S/C14H20O3/c15-14(11-6-8-1-2-9(11)5-8)17-13-7-10-3-4-12(13)16-10/h8-13H,1-7H2. The van der Waals surface area contributed by atoms with Crippen LogP contribution in [0, 0.1) is 17.8 Å². The van der Waals surface area contributed by atoms with Crippen molar-refractivity contribution in [1.82, 2.24) is 0 Å². The smallest absolute Gasteiger partial charge is 0.309 e. The normalized spacial score (nSPS) is 51.1. The molecule has 2 heterocycles. The van der Waals surface area contributed by atoms with Crippen molar-refractivity contribution in [2.75, 3.05) is 0 Å². The fourth-order valence-electron chi connectivity index (χ4n) is 4.49.